The largest absolute Gasteiger partial charge is 0.508 e. The molecule has 1 aromatic carbocycles. The maximum Gasteiger partial charge on any atom is 0.248 e. The maximum absolute atomic E-state index is 14.1. The van der Waals surface area contributed by atoms with Crippen molar-refractivity contribution in [1.82, 2.24) is 0 Å². The molecule has 0 spiro atoms. The second kappa shape index (κ2) is 4.94. The molecule has 2 saturated carbocycles. The van der Waals surface area contributed by atoms with E-state index in [2.05, 4.69) is 13.0 Å². The van der Waals surface area contributed by atoms with Crippen molar-refractivity contribution in [2.45, 2.75) is 64.2 Å². The van der Waals surface area contributed by atoms with Gasteiger partial charge >= 0.3 is 0 Å². The molecule has 0 amide bonds. The van der Waals surface area contributed by atoms with Gasteiger partial charge in [-0.3, -0.25) is 0 Å². The minimum absolute atomic E-state index is 0.201. The number of halogens is 2. The summed E-state index contributed by atoms with van der Waals surface area (Å²) >= 11 is 0. The lowest BCUT2D eigenvalue weighted by atomic mass is 9.53. The fourth-order valence-corrected chi connectivity index (χ4v) is 6.40. The number of fused-ring (bicyclic) bond motifs is 5. The van der Waals surface area contributed by atoms with Crippen LogP contribution in [-0.2, 0) is 6.42 Å². The standard InChI is InChI=1S/C20H26F2O/c1-19-10-9-15-14-6-4-13(23)11-12(14)3-5-16(15)17(19)7-8-18(19)20(2,21)22/h4,6,11,15-18,23H,3,5,7-10H2,1-2H3/t15-,16-,17+,18+,19+/m1/s1. The van der Waals surface area contributed by atoms with Gasteiger partial charge in [-0.1, -0.05) is 13.0 Å². The Kier molecular flexibility index (Phi) is 3.31. The van der Waals surface area contributed by atoms with Crippen molar-refractivity contribution in [2.75, 3.05) is 0 Å². The molecule has 0 unspecified atom stereocenters. The number of rotatable bonds is 1. The Morgan fingerprint density at radius 1 is 1.17 bits per heavy atom. The van der Waals surface area contributed by atoms with E-state index in [1.165, 1.54) is 11.1 Å². The molecule has 0 aromatic heterocycles. The molecule has 1 N–H and O–H groups in total. The van der Waals surface area contributed by atoms with E-state index < -0.39 is 11.8 Å². The second-order valence-corrected chi connectivity index (χ2v) is 8.43. The van der Waals surface area contributed by atoms with Gasteiger partial charge in [-0.15, -0.1) is 0 Å². The molecule has 2 fully saturated rings. The number of phenols is 1. The molecule has 1 aromatic rings. The van der Waals surface area contributed by atoms with E-state index in [0.29, 0.717) is 29.9 Å². The van der Waals surface area contributed by atoms with Gasteiger partial charge in [0.15, 0.2) is 0 Å². The van der Waals surface area contributed by atoms with Crippen molar-refractivity contribution in [1.29, 1.82) is 0 Å². The van der Waals surface area contributed by atoms with E-state index in [0.717, 1.165) is 39.0 Å². The average Bonchev–Trinajstić information content (AvgIpc) is 2.84. The van der Waals surface area contributed by atoms with E-state index in [4.69, 9.17) is 0 Å². The molecular formula is C20H26F2O. The van der Waals surface area contributed by atoms with Gasteiger partial charge in [-0.05, 0) is 91.9 Å². The molecule has 3 aliphatic carbocycles. The molecule has 0 bridgehead atoms. The Bertz CT molecular complexity index is 621. The van der Waals surface area contributed by atoms with Gasteiger partial charge < -0.3 is 5.11 Å². The van der Waals surface area contributed by atoms with E-state index in [1.807, 2.05) is 6.07 Å². The van der Waals surface area contributed by atoms with Crippen LogP contribution in [0.1, 0.15) is 63.0 Å². The van der Waals surface area contributed by atoms with Gasteiger partial charge in [0.25, 0.3) is 0 Å². The number of hydrogen-bond donors (Lipinski definition) is 1. The Balaban J connectivity index is 1.67. The van der Waals surface area contributed by atoms with Crippen LogP contribution in [0.25, 0.3) is 0 Å². The second-order valence-electron chi connectivity index (χ2n) is 8.43. The molecule has 0 radical (unpaired) electrons. The number of hydrogen-bond acceptors (Lipinski definition) is 1. The van der Waals surface area contributed by atoms with Crippen LogP contribution in [0.15, 0.2) is 18.2 Å². The summed E-state index contributed by atoms with van der Waals surface area (Å²) in [6.45, 7) is 3.26. The lowest BCUT2D eigenvalue weighted by Gasteiger charge is -2.51. The lowest BCUT2D eigenvalue weighted by molar-refractivity contribution is -0.106. The van der Waals surface area contributed by atoms with Crippen LogP contribution in [-0.4, -0.2) is 11.0 Å². The molecule has 0 saturated heterocycles. The molecule has 1 nitrogen and oxygen atoms in total. The Morgan fingerprint density at radius 2 is 1.96 bits per heavy atom. The van der Waals surface area contributed by atoms with E-state index >= 15 is 0 Å². The zero-order valence-electron chi connectivity index (χ0n) is 14.0. The van der Waals surface area contributed by atoms with E-state index in [9.17, 15) is 13.9 Å². The summed E-state index contributed by atoms with van der Waals surface area (Å²) in [5.41, 5.74) is 2.44. The van der Waals surface area contributed by atoms with Gasteiger partial charge in [-0.2, -0.15) is 0 Å². The zero-order chi connectivity index (χ0) is 16.4. The molecule has 0 aliphatic heterocycles. The van der Waals surface area contributed by atoms with Crippen molar-refractivity contribution in [3.63, 3.8) is 0 Å². The highest BCUT2D eigenvalue weighted by atomic mass is 19.3. The topological polar surface area (TPSA) is 20.2 Å². The molecule has 0 heterocycles. The maximum atomic E-state index is 14.1. The van der Waals surface area contributed by atoms with Gasteiger partial charge in [-0.25, -0.2) is 8.78 Å². The van der Waals surface area contributed by atoms with Crippen molar-refractivity contribution in [3.8, 4) is 5.75 Å². The van der Waals surface area contributed by atoms with Gasteiger partial charge in [0.1, 0.15) is 5.75 Å². The quantitative estimate of drug-likeness (QED) is 0.722. The highest BCUT2D eigenvalue weighted by molar-refractivity contribution is 5.40. The van der Waals surface area contributed by atoms with Crippen LogP contribution < -0.4 is 0 Å². The van der Waals surface area contributed by atoms with Gasteiger partial charge in [0, 0.05) is 5.92 Å². The molecule has 126 valence electrons. The van der Waals surface area contributed by atoms with Crippen LogP contribution in [0.3, 0.4) is 0 Å². The average molecular weight is 320 g/mol. The van der Waals surface area contributed by atoms with Gasteiger partial charge in [0.2, 0.25) is 5.92 Å². The molecular weight excluding hydrogens is 294 g/mol. The zero-order valence-corrected chi connectivity index (χ0v) is 14.0. The van der Waals surface area contributed by atoms with Crippen LogP contribution in [0.5, 0.6) is 5.75 Å². The first kappa shape index (κ1) is 15.4. The number of phenolic OH excluding ortho intramolecular Hbond substituents is 1. The Hall–Kier alpha value is -1.12. The molecule has 4 rings (SSSR count). The van der Waals surface area contributed by atoms with Gasteiger partial charge in [0.05, 0.1) is 0 Å². The number of aromatic hydroxyl groups is 1. The summed E-state index contributed by atoms with van der Waals surface area (Å²) in [5.74, 6) is -1.20. The summed E-state index contributed by atoms with van der Waals surface area (Å²) in [7, 11) is 0. The normalized spacial score (nSPS) is 39.5. The molecule has 5 atom stereocenters. The van der Waals surface area contributed by atoms with Crippen molar-refractivity contribution in [2.24, 2.45) is 23.2 Å². The monoisotopic (exact) mass is 320 g/mol. The first-order valence-corrected chi connectivity index (χ1v) is 9.00. The predicted molar refractivity (Wildman–Crippen MR) is 86.8 cm³/mol. The third kappa shape index (κ3) is 2.22. The molecule has 23 heavy (non-hydrogen) atoms. The number of alkyl halides is 2. The van der Waals surface area contributed by atoms with Crippen LogP contribution >= 0.6 is 0 Å². The highest BCUT2D eigenvalue weighted by Gasteiger charge is 2.59. The summed E-state index contributed by atoms with van der Waals surface area (Å²) in [5, 5.41) is 9.72. The van der Waals surface area contributed by atoms with Crippen molar-refractivity contribution < 1.29 is 13.9 Å². The first-order valence-electron chi connectivity index (χ1n) is 9.00. The lowest BCUT2D eigenvalue weighted by Crippen LogP contribution is -2.46. The number of benzene rings is 1. The van der Waals surface area contributed by atoms with Crippen molar-refractivity contribution >= 4 is 0 Å². The van der Waals surface area contributed by atoms with Crippen LogP contribution in [0.2, 0.25) is 0 Å². The third-order valence-electron chi connectivity index (χ3n) is 7.32. The van der Waals surface area contributed by atoms with Crippen molar-refractivity contribution in [3.05, 3.63) is 29.3 Å². The predicted octanol–water partition coefficient (Wildman–Crippen LogP) is 5.52. The minimum atomic E-state index is -2.56. The summed E-state index contributed by atoms with van der Waals surface area (Å²) in [6, 6.07) is 5.76. The number of aryl methyl sites for hydroxylation is 1. The Morgan fingerprint density at radius 3 is 2.70 bits per heavy atom. The highest BCUT2D eigenvalue weighted by Crippen LogP contribution is 2.65. The summed E-state index contributed by atoms with van der Waals surface area (Å²) < 4.78 is 28.2. The van der Waals surface area contributed by atoms with Crippen LogP contribution in [0, 0.1) is 23.2 Å². The molecule has 3 heteroatoms. The summed E-state index contributed by atoms with van der Waals surface area (Å²) in [6.07, 6.45) is 5.62. The molecule has 3 aliphatic rings. The fraction of sp³-hybridized carbons (Fsp3) is 0.700. The van der Waals surface area contributed by atoms with E-state index in [1.54, 1.807) is 6.07 Å². The SMILES string of the molecule is CC(F)(F)[C@H]1CC[C@H]2[C@@H]3CCc4cc(O)ccc4[C@H]3CC[C@]12C. The van der Waals surface area contributed by atoms with Crippen LogP contribution in [0.4, 0.5) is 8.78 Å². The first-order chi connectivity index (χ1) is 10.8. The summed E-state index contributed by atoms with van der Waals surface area (Å²) in [4.78, 5) is 0. The van der Waals surface area contributed by atoms with E-state index in [-0.39, 0.29) is 5.41 Å². The minimum Gasteiger partial charge on any atom is -0.508 e. The third-order valence-corrected chi connectivity index (χ3v) is 7.32. The Labute approximate surface area is 137 Å². The smallest absolute Gasteiger partial charge is 0.248 e. The fourth-order valence-electron chi connectivity index (χ4n) is 6.40.